The van der Waals surface area contributed by atoms with Gasteiger partial charge in [-0.15, -0.1) is 0 Å². The number of rotatable bonds is 5. The number of hydrogen-bond acceptors (Lipinski definition) is 8. The van der Waals surface area contributed by atoms with Crippen molar-refractivity contribution in [3.63, 3.8) is 0 Å². The molecule has 3 aromatic rings. The molecule has 0 atom stereocenters. The molecule has 4 heterocycles. The van der Waals surface area contributed by atoms with Crippen LogP contribution in [0, 0.1) is 0 Å². The number of anilines is 4. The van der Waals surface area contributed by atoms with Crippen LogP contribution in [0.2, 0.25) is 0 Å². The van der Waals surface area contributed by atoms with E-state index in [-0.39, 0.29) is 5.91 Å². The van der Waals surface area contributed by atoms with Gasteiger partial charge in [0.15, 0.2) is 5.65 Å². The molecule has 146 valence electrons. The normalized spacial score (nSPS) is 14.1. The fraction of sp³-hybridized carbons (Fsp3) is 0.333. The van der Waals surface area contributed by atoms with Crippen molar-refractivity contribution in [3.8, 4) is 0 Å². The van der Waals surface area contributed by atoms with Gasteiger partial charge in [-0.2, -0.15) is 9.61 Å². The summed E-state index contributed by atoms with van der Waals surface area (Å²) < 4.78 is 7.10. The molecule has 3 N–H and O–H groups in total. The van der Waals surface area contributed by atoms with Gasteiger partial charge >= 0.3 is 0 Å². The van der Waals surface area contributed by atoms with E-state index in [1.165, 1.54) is 6.20 Å². The first-order valence-electron chi connectivity index (χ1n) is 9.05. The van der Waals surface area contributed by atoms with Crippen molar-refractivity contribution in [2.24, 2.45) is 0 Å². The Kier molecular flexibility index (Phi) is 4.94. The summed E-state index contributed by atoms with van der Waals surface area (Å²) in [5.41, 5.74) is 0.851. The topological polar surface area (TPSA) is 109 Å². The van der Waals surface area contributed by atoms with E-state index in [9.17, 15) is 4.79 Å². The van der Waals surface area contributed by atoms with E-state index in [1.54, 1.807) is 18.6 Å². The number of ether oxygens (including phenoxy) is 1. The Morgan fingerprint density at radius 3 is 2.86 bits per heavy atom. The second-order valence-corrected chi connectivity index (χ2v) is 6.31. The van der Waals surface area contributed by atoms with Crippen molar-refractivity contribution >= 4 is 34.8 Å². The van der Waals surface area contributed by atoms with E-state index >= 15 is 0 Å². The minimum atomic E-state index is -0.244. The van der Waals surface area contributed by atoms with Crippen LogP contribution in [0.15, 0.2) is 30.5 Å². The fourth-order valence-corrected chi connectivity index (χ4v) is 3.08. The predicted octanol–water partition coefficient (Wildman–Crippen LogP) is 1.45. The lowest BCUT2D eigenvalue weighted by atomic mass is 10.3. The van der Waals surface area contributed by atoms with E-state index in [2.05, 4.69) is 35.9 Å². The molecule has 10 heteroatoms. The van der Waals surface area contributed by atoms with Gasteiger partial charge in [-0.05, 0) is 18.6 Å². The largest absolute Gasteiger partial charge is 0.373 e. The molecule has 3 aromatic heterocycles. The quantitative estimate of drug-likeness (QED) is 0.608. The first-order chi connectivity index (χ1) is 13.7. The van der Waals surface area contributed by atoms with Gasteiger partial charge in [0.05, 0.1) is 12.8 Å². The van der Waals surface area contributed by atoms with Crippen LogP contribution in [0.4, 0.5) is 23.3 Å². The minimum Gasteiger partial charge on any atom is -0.373 e. The van der Waals surface area contributed by atoms with Gasteiger partial charge in [0.1, 0.15) is 35.6 Å². The third-order valence-corrected chi connectivity index (χ3v) is 4.48. The third kappa shape index (κ3) is 3.41. The van der Waals surface area contributed by atoms with Crippen molar-refractivity contribution in [3.05, 3.63) is 36.0 Å². The Morgan fingerprint density at radius 2 is 2.11 bits per heavy atom. The zero-order valence-electron chi connectivity index (χ0n) is 15.8. The monoisotopic (exact) mass is 382 g/mol. The van der Waals surface area contributed by atoms with Gasteiger partial charge in [0, 0.05) is 26.7 Å². The number of hydrogen-bond donors (Lipinski definition) is 3. The highest BCUT2D eigenvalue weighted by molar-refractivity contribution is 5.99. The maximum Gasteiger partial charge on any atom is 0.256 e. The zero-order valence-corrected chi connectivity index (χ0v) is 15.8. The fourth-order valence-electron chi connectivity index (χ4n) is 3.08. The number of pyridine rings is 1. The molecule has 0 saturated carbocycles. The Labute approximate surface area is 161 Å². The highest BCUT2D eigenvalue weighted by Crippen LogP contribution is 2.23. The Morgan fingerprint density at radius 1 is 1.21 bits per heavy atom. The molecule has 0 unspecified atom stereocenters. The molecule has 0 spiro atoms. The molecule has 10 nitrogen and oxygen atoms in total. The van der Waals surface area contributed by atoms with Crippen LogP contribution in [0.25, 0.3) is 5.65 Å². The first kappa shape index (κ1) is 18.0. The second kappa shape index (κ2) is 7.69. The molecule has 1 amide bonds. The number of nitrogens with one attached hydrogen (secondary N) is 3. The molecular formula is C18H22N8O2. The molecule has 0 radical (unpaired) electrons. The highest BCUT2D eigenvalue weighted by Gasteiger charge is 2.17. The van der Waals surface area contributed by atoms with Gasteiger partial charge in [-0.25, -0.2) is 9.97 Å². The Balaban J connectivity index is 1.67. The Bertz CT molecular complexity index is 996. The van der Waals surface area contributed by atoms with E-state index in [0.29, 0.717) is 35.4 Å². The standard InChI is InChI=1S/C18H22N8O2/c1-19-16-9-14(24-17-12(18(27)20-2)10-21-26(16)17)22-13-5-3-6-15(23-13)25-7-4-8-28-11-25/h3,5-6,9-10,19H,4,7-8,11H2,1-2H3,(H,20,27)(H,22,23,24). The van der Waals surface area contributed by atoms with Crippen LogP contribution in [0.3, 0.4) is 0 Å². The van der Waals surface area contributed by atoms with E-state index in [4.69, 9.17) is 4.74 Å². The summed E-state index contributed by atoms with van der Waals surface area (Å²) in [4.78, 5) is 23.4. The molecule has 1 aliphatic heterocycles. The van der Waals surface area contributed by atoms with Crippen molar-refractivity contribution < 1.29 is 9.53 Å². The molecule has 1 saturated heterocycles. The number of nitrogens with zero attached hydrogens (tertiary/aromatic N) is 5. The summed E-state index contributed by atoms with van der Waals surface area (Å²) in [7, 11) is 3.36. The average molecular weight is 382 g/mol. The van der Waals surface area contributed by atoms with Crippen molar-refractivity contribution in [2.45, 2.75) is 6.42 Å². The summed E-state index contributed by atoms with van der Waals surface area (Å²) in [6.07, 6.45) is 2.48. The number of carbonyl (C=O) groups is 1. The average Bonchev–Trinajstić information content (AvgIpc) is 3.17. The number of amides is 1. The lowest BCUT2D eigenvalue weighted by Crippen LogP contribution is -2.33. The molecule has 4 rings (SSSR count). The predicted molar refractivity (Wildman–Crippen MR) is 106 cm³/mol. The van der Waals surface area contributed by atoms with Crippen LogP contribution in [-0.2, 0) is 4.74 Å². The zero-order chi connectivity index (χ0) is 19.5. The van der Waals surface area contributed by atoms with Crippen LogP contribution in [-0.4, -0.2) is 59.5 Å². The second-order valence-electron chi connectivity index (χ2n) is 6.31. The van der Waals surface area contributed by atoms with Crippen molar-refractivity contribution in [1.29, 1.82) is 0 Å². The number of fused-ring (bicyclic) bond motifs is 1. The number of carbonyl (C=O) groups excluding carboxylic acids is 1. The van der Waals surface area contributed by atoms with Gasteiger partial charge in [0.25, 0.3) is 5.91 Å². The maximum atomic E-state index is 12.1. The van der Waals surface area contributed by atoms with Crippen molar-refractivity contribution in [2.75, 3.05) is 49.5 Å². The van der Waals surface area contributed by atoms with Crippen LogP contribution in [0.1, 0.15) is 16.8 Å². The SMILES string of the molecule is CNC(=O)c1cnn2c(NC)cc(Nc3cccc(N4CCCOC4)n3)nc12. The van der Waals surface area contributed by atoms with Gasteiger partial charge in [-0.3, -0.25) is 4.79 Å². The summed E-state index contributed by atoms with van der Waals surface area (Å²) in [6, 6.07) is 7.57. The molecule has 0 bridgehead atoms. The van der Waals surface area contributed by atoms with Gasteiger partial charge < -0.3 is 25.6 Å². The van der Waals surface area contributed by atoms with Crippen molar-refractivity contribution in [1.82, 2.24) is 24.9 Å². The summed E-state index contributed by atoms with van der Waals surface area (Å²) >= 11 is 0. The highest BCUT2D eigenvalue weighted by atomic mass is 16.5. The molecule has 1 fully saturated rings. The summed E-state index contributed by atoms with van der Waals surface area (Å²) in [5.74, 6) is 2.51. The molecule has 1 aliphatic rings. The number of aromatic nitrogens is 4. The van der Waals surface area contributed by atoms with Gasteiger partial charge in [0.2, 0.25) is 0 Å². The molecule has 28 heavy (non-hydrogen) atoms. The summed E-state index contributed by atoms with van der Waals surface area (Å²) in [6.45, 7) is 2.23. The Hall–Kier alpha value is -3.40. The third-order valence-electron chi connectivity index (χ3n) is 4.48. The maximum absolute atomic E-state index is 12.1. The minimum absolute atomic E-state index is 0.244. The van der Waals surface area contributed by atoms with Crippen LogP contribution >= 0.6 is 0 Å². The molecule has 0 aromatic carbocycles. The van der Waals surface area contributed by atoms with Crippen LogP contribution < -0.4 is 20.9 Å². The van der Waals surface area contributed by atoms with E-state index in [1.807, 2.05) is 24.3 Å². The lowest BCUT2D eigenvalue weighted by molar-refractivity contribution is 0.0964. The molecular weight excluding hydrogens is 360 g/mol. The van der Waals surface area contributed by atoms with E-state index in [0.717, 1.165) is 25.4 Å². The summed E-state index contributed by atoms with van der Waals surface area (Å²) in [5, 5.41) is 13.2. The van der Waals surface area contributed by atoms with E-state index < -0.39 is 0 Å². The first-order valence-corrected chi connectivity index (χ1v) is 9.05. The lowest BCUT2D eigenvalue weighted by Gasteiger charge is -2.27. The van der Waals surface area contributed by atoms with Gasteiger partial charge in [-0.1, -0.05) is 6.07 Å². The van der Waals surface area contributed by atoms with Crippen LogP contribution in [0.5, 0.6) is 0 Å². The molecule has 0 aliphatic carbocycles. The smallest absolute Gasteiger partial charge is 0.256 e.